The first-order chi connectivity index (χ1) is 23.9. The number of sulfonamides is 1. The third-order valence-corrected chi connectivity index (χ3v) is 18.8. The van der Waals surface area contributed by atoms with E-state index in [0.29, 0.717) is 59.9 Å². The summed E-state index contributed by atoms with van der Waals surface area (Å²) in [6.45, 7) is 24.9. The van der Waals surface area contributed by atoms with Gasteiger partial charge in [-0.05, 0) is 146 Å². The van der Waals surface area contributed by atoms with Gasteiger partial charge >= 0.3 is 5.97 Å². The Morgan fingerprint density at radius 3 is 2.27 bits per heavy atom. The van der Waals surface area contributed by atoms with Gasteiger partial charge in [0.15, 0.2) is 0 Å². The number of carbonyl (C=O) groups is 1. The standard InChI is InChI=1S/C43H69N3O4S/c1-29(2)32-15-20-43(44-23-24-45-25-27-46(28-26-45)51(8,49)50)22-21-41(6)34(37(32)43)13-14-36-40(5)18-16-33(30-9-11-31(12-10-30)38(47)48)39(3,4)35(40)17-19-42(36,41)7/h9,16,31-32,34-37,44H,1,10-15,17-28H2,2-8H3,(H,47,48). The lowest BCUT2D eigenvalue weighted by Crippen LogP contribution is -2.68. The van der Waals surface area contributed by atoms with Gasteiger partial charge in [-0.25, -0.2) is 8.42 Å². The first-order valence-corrected chi connectivity index (χ1v) is 22.4. The molecule has 0 aromatic heterocycles. The first kappa shape index (κ1) is 37.8. The second-order valence-corrected chi connectivity index (χ2v) is 21.8. The van der Waals surface area contributed by atoms with Gasteiger partial charge in [-0.15, -0.1) is 0 Å². The zero-order valence-electron chi connectivity index (χ0n) is 33.0. The number of nitrogens with zero attached hydrogens (tertiary/aromatic N) is 2. The van der Waals surface area contributed by atoms with Crippen LogP contribution < -0.4 is 5.32 Å². The predicted molar refractivity (Wildman–Crippen MR) is 207 cm³/mol. The average Bonchev–Trinajstić information content (AvgIpc) is 3.45. The summed E-state index contributed by atoms with van der Waals surface area (Å²) < 4.78 is 25.7. The summed E-state index contributed by atoms with van der Waals surface area (Å²) in [6.07, 6.45) is 20.0. The largest absolute Gasteiger partial charge is 0.481 e. The van der Waals surface area contributed by atoms with E-state index in [1.807, 2.05) is 0 Å². The molecule has 0 radical (unpaired) electrons. The molecule has 0 amide bonds. The molecule has 0 aromatic carbocycles. The average molecular weight is 724 g/mol. The number of aliphatic carboxylic acids is 1. The Labute approximate surface area is 310 Å². The third kappa shape index (κ3) is 5.98. The number of hydrogen-bond acceptors (Lipinski definition) is 5. The smallest absolute Gasteiger partial charge is 0.306 e. The Kier molecular flexibility index (Phi) is 9.70. The first-order valence-electron chi connectivity index (χ1n) is 20.6. The normalized spacial score (nSPS) is 44.3. The van der Waals surface area contributed by atoms with E-state index in [9.17, 15) is 18.3 Å². The zero-order chi connectivity index (χ0) is 36.8. The highest BCUT2D eigenvalue weighted by molar-refractivity contribution is 7.88. The molecule has 6 aliphatic carbocycles. The second-order valence-electron chi connectivity index (χ2n) is 19.9. The molecule has 5 fully saturated rings. The van der Waals surface area contributed by atoms with Crippen LogP contribution in [0.2, 0.25) is 0 Å². The summed E-state index contributed by atoms with van der Waals surface area (Å²) in [6, 6.07) is 0. The van der Waals surface area contributed by atoms with Crippen molar-refractivity contribution in [2.75, 3.05) is 45.5 Å². The molecule has 0 bridgehead atoms. The maximum Gasteiger partial charge on any atom is 0.306 e. The van der Waals surface area contributed by atoms with Gasteiger partial charge in [0, 0.05) is 44.8 Å². The van der Waals surface area contributed by atoms with Crippen LogP contribution >= 0.6 is 0 Å². The van der Waals surface area contributed by atoms with E-state index in [0.717, 1.165) is 45.4 Å². The van der Waals surface area contributed by atoms with E-state index < -0.39 is 16.0 Å². The summed E-state index contributed by atoms with van der Waals surface area (Å²) in [5.41, 5.74) is 5.47. The van der Waals surface area contributed by atoms with Crippen LogP contribution in [0.1, 0.15) is 119 Å². The molecule has 1 aliphatic heterocycles. The molecule has 7 nitrogen and oxygen atoms in total. The number of nitrogens with one attached hydrogen (secondary N) is 1. The van der Waals surface area contributed by atoms with Crippen LogP contribution in [0.4, 0.5) is 0 Å². The third-order valence-electron chi connectivity index (χ3n) is 17.5. The Bertz CT molecular complexity index is 1580. The topological polar surface area (TPSA) is 90.0 Å². The minimum absolute atomic E-state index is 0.0908. The van der Waals surface area contributed by atoms with Gasteiger partial charge in [-0.2, -0.15) is 4.31 Å². The van der Waals surface area contributed by atoms with Crippen molar-refractivity contribution in [2.24, 2.45) is 57.2 Å². The van der Waals surface area contributed by atoms with Crippen LogP contribution in [0.25, 0.3) is 0 Å². The van der Waals surface area contributed by atoms with Crippen molar-refractivity contribution in [3.63, 3.8) is 0 Å². The Hall–Kier alpha value is -1.48. The predicted octanol–water partition coefficient (Wildman–Crippen LogP) is 7.91. The van der Waals surface area contributed by atoms with Gasteiger partial charge in [0.1, 0.15) is 0 Å². The Morgan fingerprint density at radius 1 is 0.922 bits per heavy atom. The number of hydrogen-bond donors (Lipinski definition) is 2. The number of carboxylic acids is 1. The van der Waals surface area contributed by atoms with Crippen molar-refractivity contribution < 1.29 is 18.3 Å². The van der Waals surface area contributed by atoms with E-state index in [2.05, 4.69) is 70.5 Å². The number of carboxylic acid groups (broad SMARTS) is 1. The molecule has 2 N–H and O–H groups in total. The fourth-order valence-electron chi connectivity index (χ4n) is 14.7. The lowest BCUT2D eigenvalue weighted by Gasteiger charge is -2.72. The fourth-order valence-corrected chi connectivity index (χ4v) is 15.5. The zero-order valence-corrected chi connectivity index (χ0v) is 33.8. The van der Waals surface area contributed by atoms with Crippen molar-refractivity contribution in [2.45, 2.75) is 124 Å². The monoisotopic (exact) mass is 724 g/mol. The van der Waals surface area contributed by atoms with Crippen molar-refractivity contribution in [3.8, 4) is 0 Å². The number of piperazine rings is 1. The summed E-state index contributed by atoms with van der Waals surface area (Å²) in [5, 5.41) is 13.9. The minimum Gasteiger partial charge on any atom is -0.481 e. The molecule has 7 aliphatic rings. The van der Waals surface area contributed by atoms with Gasteiger partial charge in [-0.3, -0.25) is 9.69 Å². The minimum atomic E-state index is -3.11. The van der Waals surface area contributed by atoms with E-state index in [4.69, 9.17) is 0 Å². The number of fused-ring (bicyclic) bond motifs is 7. The van der Waals surface area contributed by atoms with Crippen LogP contribution in [0.5, 0.6) is 0 Å². The Balaban J connectivity index is 1.11. The van der Waals surface area contributed by atoms with E-state index >= 15 is 0 Å². The van der Waals surface area contributed by atoms with Crippen LogP contribution in [0.3, 0.4) is 0 Å². The summed E-state index contributed by atoms with van der Waals surface area (Å²) in [7, 11) is -3.11. The van der Waals surface area contributed by atoms with Crippen LogP contribution in [0.15, 0.2) is 35.5 Å². The molecule has 10 atom stereocenters. The molecule has 7 rings (SSSR count). The quantitative estimate of drug-likeness (QED) is 0.248. The summed E-state index contributed by atoms with van der Waals surface area (Å²) >= 11 is 0. The molecule has 10 unspecified atom stereocenters. The molecule has 0 aromatic rings. The molecule has 51 heavy (non-hydrogen) atoms. The van der Waals surface area contributed by atoms with Crippen LogP contribution in [-0.4, -0.2) is 79.8 Å². The van der Waals surface area contributed by atoms with Crippen molar-refractivity contribution in [1.29, 1.82) is 0 Å². The van der Waals surface area contributed by atoms with Gasteiger partial charge < -0.3 is 10.4 Å². The van der Waals surface area contributed by atoms with Crippen molar-refractivity contribution in [3.05, 3.63) is 35.5 Å². The van der Waals surface area contributed by atoms with Crippen molar-refractivity contribution >= 4 is 16.0 Å². The molecule has 1 saturated heterocycles. The SMILES string of the molecule is C=C(C)C1CCC2(NCCN3CCN(S(C)(=O)=O)CC3)CCC3(C)C(CCC4C5(C)CC=C(C6=CCC(C(=O)O)CC6)C(C)(C)C5CCC43C)C12. The maximum absolute atomic E-state index is 12.1. The number of rotatable bonds is 8. The van der Waals surface area contributed by atoms with E-state index in [-0.39, 0.29) is 22.3 Å². The van der Waals surface area contributed by atoms with Crippen molar-refractivity contribution in [1.82, 2.24) is 14.5 Å². The Morgan fingerprint density at radius 2 is 1.65 bits per heavy atom. The highest BCUT2D eigenvalue weighted by Gasteiger charge is 2.70. The van der Waals surface area contributed by atoms with Crippen LogP contribution in [0, 0.1) is 57.2 Å². The van der Waals surface area contributed by atoms with Gasteiger partial charge in [0.25, 0.3) is 0 Å². The second kappa shape index (κ2) is 13.1. The highest BCUT2D eigenvalue weighted by atomic mass is 32.2. The molecular formula is C43H69N3O4S. The molecule has 0 spiro atoms. The molecule has 8 heteroatoms. The maximum atomic E-state index is 12.1. The van der Waals surface area contributed by atoms with Gasteiger partial charge in [0.05, 0.1) is 12.2 Å². The molecule has 1 heterocycles. The van der Waals surface area contributed by atoms with Gasteiger partial charge in [0.2, 0.25) is 10.0 Å². The molecule has 4 saturated carbocycles. The summed E-state index contributed by atoms with van der Waals surface area (Å²) in [5.74, 6) is 2.37. The molecule has 286 valence electrons. The highest BCUT2D eigenvalue weighted by Crippen LogP contribution is 2.76. The number of allylic oxidation sites excluding steroid dienone is 5. The lowest BCUT2D eigenvalue weighted by atomic mass is 9.33. The lowest BCUT2D eigenvalue weighted by molar-refractivity contribution is -0.221. The van der Waals surface area contributed by atoms with E-state index in [1.165, 1.54) is 74.3 Å². The fraction of sp³-hybridized carbons (Fsp3) is 0.837. The summed E-state index contributed by atoms with van der Waals surface area (Å²) in [4.78, 5) is 14.1. The van der Waals surface area contributed by atoms with E-state index in [1.54, 1.807) is 4.31 Å². The van der Waals surface area contributed by atoms with Gasteiger partial charge in [-0.1, -0.05) is 58.9 Å². The molecular weight excluding hydrogens is 655 g/mol. The van der Waals surface area contributed by atoms with Crippen LogP contribution in [-0.2, 0) is 14.8 Å².